The molecule has 1 aromatic rings. The molecule has 0 fully saturated rings. The van der Waals surface area contributed by atoms with Crippen LogP contribution < -0.4 is 4.43 Å². The van der Waals surface area contributed by atoms with E-state index in [0.29, 0.717) is 6.42 Å². The van der Waals surface area contributed by atoms with Crippen molar-refractivity contribution in [2.45, 2.75) is 51.4 Å². The third-order valence-corrected chi connectivity index (χ3v) is 8.20. The van der Waals surface area contributed by atoms with Gasteiger partial charge in [-0.05, 0) is 35.8 Å². The largest absolute Gasteiger partial charge is 0.544 e. The highest BCUT2D eigenvalue weighted by Gasteiger charge is 2.38. The average molecular weight is 282 g/mol. The van der Waals surface area contributed by atoms with E-state index in [4.69, 9.17) is 9.53 Å². The lowest BCUT2D eigenvalue weighted by atomic mass is 10.1. The molecule has 1 aromatic carbocycles. The fraction of sp³-hybridized carbons (Fsp3) is 0.600. The van der Waals surface area contributed by atoms with Crippen LogP contribution in [0.1, 0.15) is 38.9 Å². The lowest BCUT2D eigenvalue weighted by Crippen LogP contribution is -2.43. The van der Waals surface area contributed by atoms with Crippen molar-refractivity contribution in [1.82, 2.24) is 0 Å². The smallest absolute Gasteiger partial charge is 0.250 e. The lowest BCUT2D eigenvalue weighted by molar-refractivity contribution is 0.134. The van der Waals surface area contributed by atoms with Gasteiger partial charge in [0.1, 0.15) is 5.75 Å². The van der Waals surface area contributed by atoms with Crippen molar-refractivity contribution in [3.8, 4) is 5.75 Å². The van der Waals surface area contributed by atoms with Crippen LogP contribution in [-0.4, -0.2) is 25.1 Å². The third kappa shape index (κ3) is 4.33. The van der Waals surface area contributed by atoms with E-state index in [1.54, 1.807) is 0 Å². The van der Waals surface area contributed by atoms with Crippen molar-refractivity contribution in [2.24, 2.45) is 0 Å². The SMILES string of the molecule is CC(C)(C)[Si](C)(C)Oc1ccc(C(O)CCO)cc1. The van der Waals surface area contributed by atoms with Crippen molar-refractivity contribution < 1.29 is 14.6 Å². The lowest BCUT2D eigenvalue weighted by Gasteiger charge is -2.36. The molecule has 0 saturated carbocycles. The standard InChI is InChI=1S/C15H26O3Si/c1-15(2,3)19(4,5)18-13-8-6-12(7-9-13)14(17)10-11-16/h6-9,14,16-17H,10-11H2,1-5H3. The van der Waals surface area contributed by atoms with Gasteiger partial charge in [-0.3, -0.25) is 0 Å². The van der Waals surface area contributed by atoms with Gasteiger partial charge in [-0.1, -0.05) is 32.9 Å². The minimum Gasteiger partial charge on any atom is -0.544 e. The number of aliphatic hydroxyl groups excluding tert-OH is 2. The highest BCUT2D eigenvalue weighted by atomic mass is 28.4. The van der Waals surface area contributed by atoms with Crippen LogP contribution in [0.15, 0.2) is 24.3 Å². The highest BCUT2D eigenvalue weighted by molar-refractivity contribution is 6.74. The first-order chi connectivity index (χ1) is 8.67. The average Bonchev–Trinajstić information content (AvgIpc) is 2.28. The zero-order valence-electron chi connectivity index (χ0n) is 12.6. The number of hydrogen-bond donors (Lipinski definition) is 2. The van der Waals surface area contributed by atoms with Gasteiger partial charge < -0.3 is 14.6 Å². The number of aliphatic hydroxyl groups is 2. The molecule has 1 unspecified atom stereocenters. The zero-order valence-corrected chi connectivity index (χ0v) is 13.6. The Bertz CT molecular complexity index is 393. The molecule has 0 saturated heterocycles. The van der Waals surface area contributed by atoms with Crippen LogP contribution >= 0.6 is 0 Å². The summed E-state index contributed by atoms with van der Waals surface area (Å²) in [4.78, 5) is 0. The second kappa shape index (κ2) is 6.07. The van der Waals surface area contributed by atoms with Crippen LogP contribution in [0.25, 0.3) is 0 Å². The van der Waals surface area contributed by atoms with Crippen LogP contribution in [0, 0.1) is 0 Å². The quantitative estimate of drug-likeness (QED) is 0.813. The molecule has 0 aliphatic carbocycles. The number of rotatable bonds is 5. The van der Waals surface area contributed by atoms with Gasteiger partial charge in [-0.25, -0.2) is 0 Å². The van der Waals surface area contributed by atoms with Gasteiger partial charge in [-0.15, -0.1) is 0 Å². The van der Waals surface area contributed by atoms with E-state index in [9.17, 15) is 5.11 Å². The van der Waals surface area contributed by atoms with Gasteiger partial charge >= 0.3 is 0 Å². The topological polar surface area (TPSA) is 49.7 Å². The van der Waals surface area contributed by atoms with E-state index in [2.05, 4.69) is 33.9 Å². The summed E-state index contributed by atoms with van der Waals surface area (Å²) in [5.74, 6) is 0.853. The van der Waals surface area contributed by atoms with E-state index < -0.39 is 14.4 Å². The minimum atomic E-state index is -1.81. The predicted octanol–water partition coefficient (Wildman–Crippen LogP) is 3.49. The summed E-state index contributed by atoms with van der Waals surface area (Å²) in [5, 5.41) is 18.8. The first-order valence-corrected chi connectivity index (χ1v) is 9.66. The Morgan fingerprint density at radius 2 is 1.68 bits per heavy atom. The molecule has 2 N–H and O–H groups in total. The summed E-state index contributed by atoms with van der Waals surface area (Å²) in [5.41, 5.74) is 0.816. The van der Waals surface area contributed by atoms with Crippen molar-refractivity contribution >= 4 is 8.32 Å². The molecule has 0 aliphatic heterocycles. The van der Waals surface area contributed by atoms with Gasteiger partial charge in [0.05, 0.1) is 6.10 Å². The van der Waals surface area contributed by atoms with E-state index >= 15 is 0 Å². The predicted molar refractivity (Wildman–Crippen MR) is 80.9 cm³/mol. The maximum Gasteiger partial charge on any atom is 0.250 e. The fourth-order valence-electron chi connectivity index (χ4n) is 1.49. The second-order valence-corrected chi connectivity index (χ2v) is 11.2. The summed E-state index contributed by atoms with van der Waals surface area (Å²) in [7, 11) is -1.81. The van der Waals surface area contributed by atoms with Crippen LogP contribution in [0.3, 0.4) is 0 Å². The summed E-state index contributed by atoms with van der Waals surface area (Å²) in [6, 6.07) is 7.53. The number of hydrogen-bond acceptors (Lipinski definition) is 3. The molecule has 1 rings (SSSR count). The highest BCUT2D eigenvalue weighted by Crippen LogP contribution is 2.37. The Labute approximate surface area is 117 Å². The van der Waals surface area contributed by atoms with Gasteiger partial charge in [-0.2, -0.15) is 0 Å². The molecule has 0 amide bonds. The van der Waals surface area contributed by atoms with Crippen LogP contribution in [0.5, 0.6) is 5.75 Å². The maximum absolute atomic E-state index is 9.78. The number of benzene rings is 1. The monoisotopic (exact) mass is 282 g/mol. The van der Waals surface area contributed by atoms with Crippen molar-refractivity contribution in [2.75, 3.05) is 6.61 Å². The Balaban J connectivity index is 2.78. The summed E-state index contributed by atoms with van der Waals surface area (Å²) in [6.45, 7) is 11.0. The van der Waals surface area contributed by atoms with Crippen LogP contribution in [-0.2, 0) is 0 Å². The van der Waals surface area contributed by atoms with Gasteiger partial charge in [0.25, 0.3) is 0 Å². The van der Waals surface area contributed by atoms with Crippen molar-refractivity contribution in [1.29, 1.82) is 0 Å². The van der Waals surface area contributed by atoms with Crippen molar-refractivity contribution in [3.05, 3.63) is 29.8 Å². The third-order valence-electron chi connectivity index (χ3n) is 3.85. The zero-order chi connectivity index (χ0) is 14.7. The van der Waals surface area contributed by atoms with Gasteiger partial charge in [0, 0.05) is 13.0 Å². The molecule has 0 spiro atoms. The molecule has 0 aliphatic rings. The molecular weight excluding hydrogens is 256 g/mol. The van der Waals surface area contributed by atoms with E-state index in [0.717, 1.165) is 11.3 Å². The second-order valence-electron chi connectivity index (χ2n) is 6.46. The van der Waals surface area contributed by atoms with Gasteiger partial charge in [0.15, 0.2) is 0 Å². The molecule has 0 aromatic heterocycles. The molecule has 1 atom stereocenters. The molecule has 0 heterocycles. The van der Waals surface area contributed by atoms with E-state index in [-0.39, 0.29) is 11.6 Å². The normalized spacial score (nSPS) is 14.3. The maximum atomic E-state index is 9.78. The summed E-state index contributed by atoms with van der Waals surface area (Å²) in [6.07, 6.45) is -0.241. The minimum absolute atomic E-state index is 0.0105. The summed E-state index contributed by atoms with van der Waals surface area (Å²) >= 11 is 0. The Morgan fingerprint density at radius 3 is 2.11 bits per heavy atom. The first kappa shape index (κ1) is 16.2. The molecule has 108 valence electrons. The van der Waals surface area contributed by atoms with Gasteiger partial charge in [0.2, 0.25) is 8.32 Å². The van der Waals surface area contributed by atoms with E-state index in [1.165, 1.54) is 0 Å². The van der Waals surface area contributed by atoms with Crippen LogP contribution in [0.4, 0.5) is 0 Å². The van der Waals surface area contributed by atoms with Crippen molar-refractivity contribution in [3.63, 3.8) is 0 Å². The molecule has 3 nitrogen and oxygen atoms in total. The molecule has 19 heavy (non-hydrogen) atoms. The first-order valence-electron chi connectivity index (χ1n) is 6.75. The van der Waals surface area contributed by atoms with E-state index in [1.807, 2.05) is 24.3 Å². The Kier molecular flexibility index (Phi) is 5.18. The van der Waals surface area contributed by atoms with Crippen LogP contribution in [0.2, 0.25) is 18.1 Å². The molecular formula is C15H26O3Si. The molecule has 0 bridgehead atoms. The molecule has 4 heteroatoms. The Hall–Kier alpha value is -0.843. The molecule has 0 radical (unpaired) electrons. The summed E-state index contributed by atoms with van der Waals surface area (Å²) < 4.78 is 6.17. The fourth-order valence-corrected chi connectivity index (χ4v) is 2.53. The Morgan fingerprint density at radius 1 is 1.16 bits per heavy atom.